The van der Waals surface area contributed by atoms with Crippen LogP contribution >= 0.6 is 11.6 Å². The highest BCUT2D eigenvalue weighted by Gasteiger charge is 2.40. The number of rotatable bonds is 6. The number of benzene rings is 1. The monoisotopic (exact) mass is 445 g/mol. The number of amides is 1. The number of piperidine rings is 1. The standard InChI is InChI=1S/C24H36ClN5O/c1-29(2)23(31)15-26-24(28-22-14-18-3-6-19(22)13-18)27-21-9-11-30(12-10-21)16-17-4-7-20(25)8-5-17/h4-5,7-8,18-19,21-22H,3,6,9-16H2,1-2H3,(H2,26,27,28). The van der Waals surface area contributed by atoms with E-state index in [9.17, 15) is 4.79 Å². The van der Waals surface area contributed by atoms with E-state index in [0.717, 1.165) is 55.3 Å². The van der Waals surface area contributed by atoms with Gasteiger partial charge in [0, 0.05) is 50.8 Å². The topological polar surface area (TPSA) is 60.0 Å². The van der Waals surface area contributed by atoms with Gasteiger partial charge in [-0.05, 0) is 61.6 Å². The summed E-state index contributed by atoms with van der Waals surface area (Å²) in [7, 11) is 3.56. The van der Waals surface area contributed by atoms with E-state index >= 15 is 0 Å². The molecule has 7 heteroatoms. The lowest BCUT2D eigenvalue weighted by Gasteiger charge is -2.34. The third kappa shape index (κ3) is 6.13. The van der Waals surface area contributed by atoms with Crippen LogP contribution < -0.4 is 10.6 Å². The number of carbonyl (C=O) groups is 1. The van der Waals surface area contributed by atoms with E-state index in [1.165, 1.54) is 31.2 Å². The molecule has 1 amide bonds. The van der Waals surface area contributed by atoms with Crippen LogP contribution in [-0.2, 0) is 11.3 Å². The van der Waals surface area contributed by atoms with Crippen LogP contribution in [0.2, 0.25) is 5.02 Å². The molecule has 2 saturated carbocycles. The van der Waals surface area contributed by atoms with Gasteiger partial charge in [-0.25, -0.2) is 4.99 Å². The fourth-order valence-electron chi connectivity index (χ4n) is 5.29. The number of nitrogens with one attached hydrogen (secondary N) is 2. The van der Waals surface area contributed by atoms with Gasteiger partial charge in [0.2, 0.25) is 5.91 Å². The van der Waals surface area contributed by atoms with Crippen LogP contribution in [0.1, 0.15) is 44.1 Å². The average molecular weight is 446 g/mol. The van der Waals surface area contributed by atoms with Crippen LogP contribution in [-0.4, -0.2) is 67.5 Å². The molecule has 1 aliphatic heterocycles. The number of aliphatic imine (C=N–C) groups is 1. The Labute approximate surface area is 191 Å². The van der Waals surface area contributed by atoms with Crippen LogP contribution in [0.5, 0.6) is 0 Å². The predicted molar refractivity (Wildman–Crippen MR) is 126 cm³/mol. The molecule has 6 nitrogen and oxygen atoms in total. The highest BCUT2D eigenvalue weighted by Crippen LogP contribution is 2.44. The minimum atomic E-state index is 0.0341. The first-order valence-electron chi connectivity index (χ1n) is 11.7. The summed E-state index contributed by atoms with van der Waals surface area (Å²) in [6.45, 7) is 3.26. The number of likely N-dealkylation sites (tertiary alicyclic amines) is 1. The Bertz CT molecular complexity index is 773. The molecule has 3 aliphatic rings. The largest absolute Gasteiger partial charge is 0.354 e. The highest BCUT2D eigenvalue weighted by atomic mass is 35.5. The lowest BCUT2D eigenvalue weighted by Crippen LogP contribution is -2.52. The van der Waals surface area contributed by atoms with E-state index in [-0.39, 0.29) is 12.5 Å². The third-order valence-electron chi connectivity index (χ3n) is 7.18. The highest BCUT2D eigenvalue weighted by molar-refractivity contribution is 6.30. The first-order chi connectivity index (χ1) is 15.0. The summed E-state index contributed by atoms with van der Waals surface area (Å²) < 4.78 is 0. The van der Waals surface area contributed by atoms with Gasteiger partial charge in [0.25, 0.3) is 0 Å². The van der Waals surface area contributed by atoms with Crippen molar-refractivity contribution in [2.24, 2.45) is 16.8 Å². The Balaban J connectivity index is 1.30. The summed E-state index contributed by atoms with van der Waals surface area (Å²) in [6.07, 6.45) is 7.46. The molecule has 1 aromatic rings. The van der Waals surface area contributed by atoms with E-state index in [2.05, 4.69) is 32.7 Å². The van der Waals surface area contributed by atoms with E-state index in [1.807, 2.05) is 12.1 Å². The zero-order valence-electron chi connectivity index (χ0n) is 18.8. The normalized spacial score (nSPS) is 26.8. The molecule has 4 rings (SSSR count). The number of carbonyl (C=O) groups excluding carboxylic acids is 1. The molecular formula is C24H36ClN5O. The number of hydrogen-bond acceptors (Lipinski definition) is 3. The smallest absolute Gasteiger partial charge is 0.243 e. The van der Waals surface area contributed by atoms with Gasteiger partial charge in [0.1, 0.15) is 6.54 Å². The molecule has 3 atom stereocenters. The first-order valence-corrected chi connectivity index (χ1v) is 12.1. The van der Waals surface area contributed by atoms with Crippen LogP contribution in [0.15, 0.2) is 29.3 Å². The maximum absolute atomic E-state index is 12.1. The van der Waals surface area contributed by atoms with Gasteiger partial charge in [-0.2, -0.15) is 0 Å². The molecule has 0 spiro atoms. The van der Waals surface area contributed by atoms with Crippen molar-refractivity contribution in [2.75, 3.05) is 33.7 Å². The minimum absolute atomic E-state index is 0.0341. The van der Waals surface area contributed by atoms with E-state index < -0.39 is 0 Å². The SMILES string of the molecule is CN(C)C(=O)CN=C(NC1CCN(Cc2ccc(Cl)cc2)CC1)NC1CC2CCC1C2. The number of guanidine groups is 1. The van der Waals surface area contributed by atoms with Gasteiger partial charge in [-0.15, -0.1) is 0 Å². The second kappa shape index (κ2) is 10.2. The Hall–Kier alpha value is -1.79. The maximum atomic E-state index is 12.1. The summed E-state index contributed by atoms with van der Waals surface area (Å²) in [5, 5.41) is 8.13. The number of nitrogens with zero attached hydrogens (tertiary/aromatic N) is 3. The summed E-state index contributed by atoms with van der Waals surface area (Å²) in [5.74, 6) is 2.50. The number of hydrogen-bond donors (Lipinski definition) is 2. The van der Waals surface area contributed by atoms with Gasteiger partial charge in [0.15, 0.2) is 5.96 Å². The second-order valence-corrected chi connectivity index (χ2v) is 10.1. The third-order valence-corrected chi connectivity index (χ3v) is 7.43. The second-order valence-electron chi connectivity index (χ2n) is 9.70. The summed E-state index contributed by atoms with van der Waals surface area (Å²) in [6, 6.07) is 9.04. The maximum Gasteiger partial charge on any atom is 0.243 e. The van der Waals surface area contributed by atoms with Gasteiger partial charge in [-0.3, -0.25) is 9.69 Å². The molecule has 31 heavy (non-hydrogen) atoms. The molecule has 2 N–H and O–H groups in total. The van der Waals surface area contributed by atoms with Gasteiger partial charge in [-0.1, -0.05) is 30.2 Å². The molecule has 2 bridgehead atoms. The molecular weight excluding hydrogens is 410 g/mol. The van der Waals surface area contributed by atoms with Gasteiger partial charge < -0.3 is 15.5 Å². The van der Waals surface area contributed by atoms with E-state index in [4.69, 9.17) is 11.6 Å². The average Bonchev–Trinajstić information content (AvgIpc) is 3.38. The molecule has 2 aliphatic carbocycles. The lowest BCUT2D eigenvalue weighted by atomic mass is 9.95. The van der Waals surface area contributed by atoms with E-state index in [0.29, 0.717) is 12.1 Å². The van der Waals surface area contributed by atoms with Crippen LogP contribution in [0.4, 0.5) is 0 Å². The van der Waals surface area contributed by atoms with E-state index in [1.54, 1.807) is 19.0 Å². The van der Waals surface area contributed by atoms with Crippen LogP contribution in [0.25, 0.3) is 0 Å². The summed E-state index contributed by atoms with van der Waals surface area (Å²) in [4.78, 5) is 20.9. The Kier molecular flexibility index (Phi) is 7.39. The zero-order chi connectivity index (χ0) is 21.8. The molecule has 0 radical (unpaired) electrons. The fraction of sp³-hybridized carbons (Fsp3) is 0.667. The first kappa shape index (κ1) is 22.4. The molecule has 0 aromatic heterocycles. The van der Waals surface area contributed by atoms with Crippen molar-refractivity contribution >= 4 is 23.5 Å². The predicted octanol–water partition coefficient (Wildman–Crippen LogP) is 3.12. The number of fused-ring (bicyclic) bond motifs is 2. The van der Waals surface area contributed by atoms with Gasteiger partial charge in [0.05, 0.1) is 0 Å². The Morgan fingerprint density at radius 2 is 1.84 bits per heavy atom. The number of halogens is 1. The zero-order valence-corrected chi connectivity index (χ0v) is 19.6. The molecule has 170 valence electrons. The van der Waals surface area contributed by atoms with Crippen molar-refractivity contribution in [3.63, 3.8) is 0 Å². The quantitative estimate of drug-likeness (QED) is 0.521. The Morgan fingerprint density at radius 1 is 1.10 bits per heavy atom. The molecule has 1 saturated heterocycles. The van der Waals surface area contributed by atoms with Crippen LogP contribution in [0.3, 0.4) is 0 Å². The molecule has 3 fully saturated rings. The van der Waals surface area contributed by atoms with Crippen molar-refractivity contribution < 1.29 is 4.79 Å². The van der Waals surface area contributed by atoms with Gasteiger partial charge >= 0.3 is 0 Å². The van der Waals surface area contributed by atoms with Crippen molar-refractivity contribution in [2.45, 2.75) is 57.2 Å². The van der Waals surface area contributed by atoms with Crippen molar-refractivity contribution in [3.05, 3.63) is 34.9 Å². The van der Waals surface area contributed by atoms with Crippen LogP contribution in [0, 0.1) is 11.8 Å². The number of likely N-dealkylation sites (N-methyl/N-ethyl adjacent to an activating group) is 1. The summed E-state index contributed by atoms with van der Waals surface area (Å²) in [5.41, 5.74) is 1.30. The fourth-order valence-corrected chi connectivity index (χ4v) is 5.42. The molecule has 3 unspecified atom stereocenters. The van der Waals surface area contributed by atoms with Crippen molar-refractivity contribution in [3.8, 4) is 0 Å². The van der Waals surface area contributed by atoms with Crippen molar-refractivity contribution in [1.82, 2.24) is 20.4 Å². The molecule has 1 aromatic carbocycles. The molecule has 1 heterocycles. The van der Waals surface area contributed by atoms with Crippen molar-refractivity contribution in [1.29, 1.82) is 0 Å². The Morgan fingerprint density at radius 3 is 2.45 bits per heavy atom. The minimum Gasteiger partial charge on any atom is -0.354 e. The lowest BCUT2D eigenvalue weighted by molar-refractivity contribution is -0.127. The summed E-state index contributed by atoms with van der Waals surface area (Å²) >= 11 is 6.00.